The van der Waals surface area contributed by atoms with Gasteiger partial charge in [-0.3, -0.25) is 4.72 Å². The molecule has 0 aliphatic carbocycles. The Bertz CT molecular complexity index is 954. The molecule has 0 saturated heterocycles. The van der Waals surface area contributed by atoms with Crippen molar-refractivity contribution in [2.24, 2.45) is 0 Å². The van der Waals surface area contributed by atoms with Crippen molar-refractivity contribution in [3.8, 4) is 0 Å². The predicted molar refractivity (Wildman–Crippen MR) is 105 cm³/mol. The molecule has 2 aromatic rings. The van der Waals surface area contributed by atoms with E-state index in [-0.39, 0.29) is 10.6 Å². The molecule has 0 aromatic heterocycles. The highest BCUT2D eigenvalue weighted by atomic mass is 32.2. The van der Waals surface area contributed by atoms with Gasteiger partial charge in [-0.2, -0.15) is 0 Å². The van der Waals surface area contributed by atoms with Crippen LogP contribution in [-0.4, -0.2) is 23.4 Å². The zero-order valence-corrected chi connectivity index (χ0v) is 16.1. The van der Waals surface area contributed by atoms with Crippen LogP contribution in [0.15, 0.2) is 64.9 Å². The van der Waals surface area contributed by atoms with Crippen LogP contribution in [0.2, 0.25) is 0 Å². The number of rotatable bonds is 9. The van der Waals surface area contributed by atoms with Crippen molar-refractivity contribution in [2.75, 3.05) is 11.3 Å². The molecule has 0 spiro atoms. The lowest BCUT2D eigenvalue weighted by molar-refractivity contribution is 0.578. The van der Waals surface area contributed by atoms with Crippen LogP contribution in [0, 0.1) is 0 Å². The topological polar surface area (TPSA) is 92.3 Å². The van der Waals surface area contributed by atoms with Crippen LogP contribution in [0.4, 0.5) is 5.69 Å². The fourth-order valence-corrected chi connectivity index (χ4v) is 4.10. The van der Waals surface area contributed by atoms with E-state index < -0.39 is 20.0 Å². The van der Waals surface area contributed by atoms with Gasteiger partial charge >= 0.3 is 0 Å². The van der Waals surface area contributed by atoms with Crippen molar-refractivity contribution < 1.29 is 16.8 Å². The monoisotopic (exact) mass is 394 g/mol. The zero-order valence-electron chi connectivity index (χ0n) is 14.4. The summed E-state index contributed by atoms with van der Waals surface area (Å²) in [6, 6.07) is 14.7. The SMILES string of the molecule is CCCCNS(=O)(=O)c1cccc(NS(=O)(=O)/C=C/c2ccccc2)c1. The van der Waals surface area contributed by atoms with E-state index in [1.54, 1.807) is 24.3 Å². The van der Waals surface area contributed by atoms with Crippen LogP contribution >= 0.6 is 0 Å². The Labute approximate surface area is 155 Å². The van der Waals surface area contributed by atoms with Gasteiger partial charge in [0, 0.05) is 6.54 Å². The predicted octanol–water partition coefficient (Wildman–Crippen LogP) is 3.18. The van der Waals surface area contributed by atoms with Gasteiger partial charge in [-0.05, 0) is 36.3 Å². The Morgan fingerprint density at radius 2 is 1.69 bits per heavy atom. The zero-order chi connectivity index (χ0) is 19.0. The summed E-state index contributed by atoms with van der Waals surface area (Å²) < 4.78 is 53.7. The summed E-state index contributed by atoms with van der Waals surface area (Å²) in [6.45, 7) is 2.31. The van der Waals surface area contributed by atoms with E-state index in [4.69, 9.17) is 0 Å². The minimum atomic E-state index is -3.76. The van der Waals surface area contributed by atoms with Gasteiger partial charge in [-0.25, -0.2) is 21.6 Å². The summed E-state index contributed by atoms with van der Waals surface area (Å²) in [6.07, 6.45) is 3.07. The molecule has 0 saturated carbocycles. The lowest BCUT2D eigenvalue weighted by atomic mass is 10.2. The molecule has 0 heterocycles. The number of nitrogens with one attached hydrogen (secondary N) is 2. The fraction of sp³-hybridized carbons (Fsp3) is 0.222. The lowest BCUT2D eigenvalue weighted by Crippen LogP contribution is -2.24. The van der Waals surface area contributed by atoms with Crippen molar-refractivity contribution >= 4 is 31.8 Å². The number of hydrogen-bond acceptors (Lipinski definition) is 4. The fourth-order valence-electron chi connectivity index (χ4n) is 2.12. The molecule has 2 rings (SSSR count). The van der Waals surface area contributed by atoms with E-state index >= 15 is 0 Å². The Kier molecular flexibility index (Phi) is 6.96. The molecule has 0 atom stereocenters. The van der Waals surface area contributed by atoms with Gasteiger partial charge in [-0.1, -0.05) is 49.7 Å². The summed E-state index contributed by atoms with van der Waals surface area (Å²) in [5, 5.41) is 1.04. The van der Waals surface area contributed by atoms with E-state index in [9.17, 15) is 16.8 Å². The van der Waals surface area contributed by atoms with Gasteiger partial charge in [-0.15, -0.1) is 0 Å². The standard InChI is InChI=1S/C18H22N2O4S2/c1-2-3-13-19-26(23,24)18-11-7-10-17(15-18)20-25(21,22)14-12-16-8-5-4-6-9-16/h4-12,14-15,19-20H,2-3,13H2,1H3/b14-12+. The lowest BCUT2D eigenvalue weighted by Gasteiger charge is -2.09. The Morgan fingerprint density at radius 1 is 0.962 bits per heavy atom. The number of hydrogen-bond donors (Lipinski definition) is 2. The molecule has 0 aliphatic heterocycles. The number of sulfonamides is 2. The molecular weight excluding hydrogens is 372 g/mol. The van der Waals surface area contributed by atoms with Crippen LogP contribution in [0.25, 0.3) is 6.08 Å². The molecular formula is C18H22N2O4S2. The van der Waals surface area contributed by atoms with Crippen LogP contribution in [0.5, 0.6) is 0 Å². The van der Waals surface area contributed by atoms with Gasteiger partial charge in [0.25, 0.3) is 10.0 Å². The summed E-state index contributed by atoms with van der Waals surface area (Å²) in [7, 11) is -7.43. The number of benzene rings is 2. The maximum absolute atomic E-state index is 12.2. The van der Waals surface area contributed by atoms with E-state index in [2.05, 4.69) is 9.44 Å². The van der Waals surface area contributed by atoms with Gasteiger partial charge < -0.3 is 0 Å². The van der Waals surface area contributed by atoms with Gasteiger partial charge in [0.05, 0.1) is 16.0 Å². The van der Waals surface area contributed by atoms with Crippen LogP contribution in [0.3, 0.4) is 0 Å². The minimum absolute atomic E-state index is 0.0147. The third-order valence-corrected chi connectivity index (χ3v) is 5.94. The van der Waals surface area contributed by atoms with Crippen molar-refractivity contribution in [3.63, 3.8) is 0 Å². The molecule has 0 radical (unpaired) electrons. The van der Waals surface area contributed by atoms with Crippen molar-refractivity contribution in [1.82, 2.24) is 4.72 Å². The second-order valence-corrected chi connectivity index (χ2v) is 8.97. The first-order valence-electron chi connectivity index (χ1n) is 8.18. The highest BCUT2D eigenvalue weighted by Crippen LogP contribution is 2.17. The minimum Gasteiger partial charge on any atom is -0.280 e. The molecule has 0 aliphatic rings. The molecule has 0 bridgehead atoms. The van der Waals surface area contributed by atoms with Crippen LogP contribution < -0.4 is 9.44 Å². The van der Waals surface area contributed by atoms with Gasteiger partial charge in [0.15, 0.2) is 0 Å². The van der Waals surface area contributed by atoms with Crippen molar-refractivity contribution in [2.45, 2.75) is 24.7 Å². The van der Waals surface area contributed by atoms with Crippen molar-refractivity contribution in [1.29, 1.82) is 0 Å². The van der Waals surface area contributed by atoms with E-state index in [1.165, 1.54) is 30.3 Å². The molecule has 0 fully saturated rings. The quantitative estimate of drug-likeness (QED) is 0.639. The molecule has 2 N–H and O–H groups in total. The first-order valence-corrected chi connectivity index (χ1v) is 11.2. The first kappa shape index (κ1) is 20.2. The maximum atomic E-state index is 12.2. The number of unbranched alkanes of at least 4 members (excludes halogenated alkanes) is 1. The second-order valence-electron chi connectivity index (χ2n) is 5.64. The maximum Gasteiger partial charge on any atom is 0.255 e. The second kappa shape index (κ2) is 8.98. The van der Waals surface area contributed by atoms with Crippen LogP contribution in [-0.2, 0) is 20.0 Å². The average Bonchev–Trinajstić information content (AvgIpc) is 2.61. The summed E-state index contributed by atoms with van der Waals surface area (Å²) in [4.78, 5) is 0.0147. The molecule has 6 nitrogen and oxygen atoms in total. The largest absolute Gasteiger partial charge is 0.280 e. The smallest absolute Gasteiger partial charge is 0.255 e. The Balaban J connectivity index is 2.13. The molecule has 8 heteroatoms. The highest BCUT2D eigenvalue weighted by molar-refractivity contribution is 7.95. The molecule has 2 aromatic carbocycles. The third kappa shape index (κ3) is 6.29. The Morgan fingerprint density at radius 3 is 2.38 bits per heavy atom. The molecule has 0 unspecified atom stereocenters. The van der Waals surface area contributed by atoms with Crippen molar-refractivity contribution in [3.05, 3.63) is 65.6 Å². The summed E-state index contributed by atoms with van der Waals surface area (Å²) in [5.74, 6) is 0. The Hall–Kier alpha value is -2.16. The van der Waals surface area contributed by atoms with E-state index in [0.29, 0.717) is 6.54 Å². The van der Waals surface area contributed by atoms with Gasteiger partial charge in [0.2, 0.25) is 10.0 Å². The normalized spacial score (nSPS) is 12.3. The number of anilines is 1. The first-order chi connectivity index (χ1) is 12.3. The average molecular weight is 395 g/mol. The van der Waals surface area contributed by atoms with E-state index in [1.807, 2.05) is 13.0 Å². The highest BCUT2D eigenvalue weighted by Gasteiger charge is 2.15. The summed E-state index contributed by atoms with van der Waals surface area (Å²) >= 11 is 0. The van der Waals surface area contributed by atoms with E-state index in [0.717, 1.165) is 23.8 Å². The third-order valence-electron chi connectivity index (χ3n) is 3.47. The van der Waals surface area contributed by atoms with Gasteiger partial charge in [0.1, 0.15) is 0 Å². The molecule has 26 heavy (non-hydrogen) atoms. The summed E-state index contributed by atoms with van der Waals surface area (Å²) in [5.41, 5.74) is 0.926. The molecule has 0 amide bonds. The molecule has 140 valence electrons. The van der Waals surface area contributed by atoms with Crippen LogP contribution in [0.1, 0.15) is 25.3 Å².